The van der Waals surface area contributed by atoms with Gasteiger partial charge >= 0.3 is 0 Å². The van der Waals surface area contributed by atoms with Crippen LogP contribution in [-0.4, -0.2) is 40.0 Å². The van der Waals surface area contributed by atoms with Crippen molar-refractivity contribution in [1.82, 2.24) is 14.5 Å². The Labute approximate surface area is 133 Å². The predicted octanol–water partition coefficient (Wildman–Crippen LogP) is 2.81. The lowest BCUT2D eigenvalue weighted by Gasteiger charge is -2.19. The molecule has 22 heavy (non-hydrogen) atoms. The van der Waals surface area contributed by atoms with Gasteiger partial charge in [-0.1, -0.05) is 12.8 Å². The Morgan fingerprint density at radius 2 is 1.86 bits per heavy atom. The Bertz CT molecular complexity index is 489. The molecule has 0 unspecified atom stereocenters. The maximum Gasteiger partial charge on any atom is 0.225 e. The van der Waals surface area contributed by atoms with Gasteiger partial charge in [0.15, 0.2) is 0 Å². The fourth-order valence-corrected chi connectivity index (χ4v) is 3.54. The molecule has 0 aliphatic carbocycles. The predicted molar refractivity (Wildman–Crippen MR) is 87.9 cm³/mol. The first-order chi connectivity index (χ1) is 10.8. The van der Waals surface area contributed by atoms with Crippen LogP contribution < -0.4 is 5.32 Å². The Morgan fingerprint density at radius 3 is 2.68 bits per heavy atom. The number of imidazole rings is 1. The minimum Gasteiger partial charge on any atom is -0.315 e. The van der Waals surface area contributed by atoms with Crippen LogP contribution in [0.25, 0.3) is 0 Å². The van der Waals surface area contributed by atoms with Gasteiger partial charge in [-0.3, -0.25) is 4.79 Å². The summed E-state index contributed by atoms with van der Waals surface area (Å²) in [5.74, 6) is 2.13. The fraction of sp³-hybridized carbons (Fsp3) is 0.765. The van der Waals surface area contributed by atoms with Gasteiger partial charge in [0.05, 0.1) is 6.20 Å². The summed E-state index contributed by atoms with van der Waals surface area (Å²) in [4.78, 5) is 19.1. The van der Waals surface area contributed by atoms with Crippen molar-refractivity contribution in [1.29, 1.82) is 0 Å². The van der Waals surface area contributed by atoms with E-state index in [1.165, 1.54) is 51.6 Å². The Morgan fingerprint density at radius 1 is 1.09 bits per heavy atom. The second-order valence-corrected chi connectivity index (χ2v) is 6.58. The zero-order valence-corrected chi connectivity index (χ0v) is 13.5. The summed E-state index contributed by atoms with van der Waals surface area (Å²) in [7, 11) is 0. The van der Waals surface area contributed by atoms with Crippen molar-refractivity contribution in [2.45, 2.75) is 64.3 Å². The molecule has 0 atom stereocenters. The SMILES string of the molecule is O=C(CCCN1CCCCCC1)Nc1cnc2n1CCCC2. The van der Waals surface area contributed by atoms with Crippen molar-refractivity contribution in [2.24, 2.45) is 0 Å². The van der Waals surface area contributed by atoms with Gasteiger partial charge in [0.2, 0.25) is 5.91 Å². The maximum atomic E-state index is 12.1. The van der Waals surface area contributed by atoms with Gasteiger partial charge in [0, 0.05) is 19.4 Å². The molecule has 1 aromatic heterocycles. The average Bonchev–Trinajstić information content (AvgIpc) is 2.75. The summed E-state index contributed by atoms with van der Waals surface area (Å²) >= 11 is 0. The summed E-state index contributed by atoms with van der Waals surface area (Å²) < 4.78 is 2.16. The minimum absolute atomic E-state index is 0.128. The highest BCUT2D eigenvalue weighted by molar-refractivity contribution is 5.89. The molecule has 122 valence electrons. The summed E-state index contributed by atoms with van der Waals surface area (Å²) in [6.45, 7) is 4.45. The first kappa shape index (κ1) is 15.5. The highest BCUT2D eigenvalue weighted by atomic mass is 16.1. The fourth-order valence-electron chi connectivity index (χ4n) is 3.54. The van der Waals surface area contributed by atoms with Crippen LogP contribution >= 0.6 is 0 Å². The number of carbonyl (C=O) groups is 1. The van der Waals surface area contributed by atoms with E-state index in [1.54, 1.807) is 0 Å². The van der Waals surface area contributed by atoms with Crippen LogP contribution in [0.3, 0.4) is 0 Å². The molecular weight excluding hydrogens is 276 g/mol. The van der Waals surface area contributed by atoms with Crippen LogP contribution in [0.4, 0.5) is 5.82 Å². The molecule has 0 saturated carbocycles. The number of hydrogen-bond acceptors (Lipinski definition) is 3. The quantitative estimate of drug-likeness (QED) is 0.910. The van der Waals surface area contributed by atoms with Crippen LogP contribution in [0.2, 0.25) is 0 Å². The molecule has 1 amide bonds. The van der Waals surface area contributed by atoms with Gasteiger partial charge in [0.1, 0.15) is 11.6 Å². The van der Waals surface area contributed by atoms with E-state index in [2.05, 4.69) is 19.8 Å². The number of nitrogens with one attached hydrogen (secondary N) is 1. The summed E-state index contributed by atoms with van der Waals surface area (Å²) in [6.07, 6.45) is 12.2. The molecule has 1 saturated heterocycles. The maximum absolute atomic E-state index is 12.1. The zero-order chi connectivity index (χ0) is 15.2. The van der Waals surface area contributed by atoms with Crippen LogP contribution in [-0.2, 0) is 17.8 Å². The molecule has 0 spiro atoms. The minimum atomic E-state index is 0.128. The van der Waals surface area contributed by atoms with E-state index in [-0.39, 0.29) is 5.91 Å². The largest absolute Gasteiger partial charge is 0.315 e. The smallest absolute Gasteiger partial charge is 0.225 e. The number of rotatable bonds is 5. The summed E-state index contributed by atoms with van der Waals surface area (Å²) in [5, 5.41) is 3.04. The lowest BCUT2D eigenvalue weighted by atomic mass is 10.2. The van der Waals surface area contributed by atoms with E-state index in [0.29, 0.717) is 6.42 Å². The standard InChI is InChI=1S/C17H28N4O/c22-17(9-7-12-20-10-4-1-2-5-11-20)19-16-14-18-15-8-3-6-13-21(15)16/h14H,1-13H2,(H,19,22). The number of amides is 1. The highest BCUT2D eigenvalue weighted by Gasteiger charge is 2.15. The molecule has 1 N–H and O–H groups in total. The Kier molecular flexibility index (Phi) is 5.48. The molecular formula is C17H28N4O. The van der Waals surface area contributed by atoms with E-state index in [4.69, 9.17) is 0 Å². The van der Waals surface area contributed by atoms with Crippen molar-refractivity contribution in [2.75, 3.05) is 25.0 Å². The van der Waals surface area contributed by atoms with Crippen molar-refractivity contribution in [3.8, 4) is 0 Å². The van der Waals surface area contributed by atoms with Crippen molar-refractivity contribution in [3.05, 3.63) is 12.0 Å². The van der Waals surface area contributed by atoms with E-state index in [1.807, 2.05) is 6.20 Å². The number of fused-ring (bicyclic) bond motifs is 1. The highest BCUT2D eigenvalue weighted by Crippen LogP contribution is 2.19. The number of nitrogens with zero attached hydrogens (tertiary/aromatic N) is 3. The molecule has 2 aliphatic heterocycles. The second-order valence-electron chi connectivity index (χ2n) is 6.58. The third kappa shape index (κ3) is 4.09. The first-order valence-corrected chi connectivity index (χ1v) is 8.89. The van der Waals surface area contributed by atoms with Gasteiger partial charge in [-0.05, 0) is 51.7 Å². The zero-order valence-electron chi connectivity index (χ0n) is 13.5. The van der Waals surface area contributed by atoms with Crippen molar-refractivity contribution >= 4 is 11.7 Å². The lowest BCUT2D eigenvalue weighted by molar-refractivity contribution is -0.116. The molecule has 0 aromatic carbocycles. The van der Waals surface area contributed by atoms with Crippen LogP contribution in [0.15, 0.2) is 6.20 Å². The molecule has 3 rings (SSSR count). The van der Waals surface area contributed by atoms with Crippen molar-refractivity contribution < 1.29 is 4.79 Å². The number of aryl methyl sites for hydroxylation is 1. The van der Waals surface area contributed by atoms with Crippen LogP contribution in [0.1, 0.15) is 57.2 Å². The molecule has 0 radical (unpaired) electrons. The van der Waals surface area contributed by atoms with Gasteiger partial charge < -0.3 is 14.8 Å². The molecule has 3 heterocycles. The van der Waals surface area contributed by atoms with Crippen molar-refractivity contribution in [3.63, 3.8) is 0 Å². The molecule has 1 aromatic rings. The van der Waals surface area contributed by atoms with Gasteiger partial charge in [0.25, 0.3) is 0 Å². The Hall–Kier alpha value is -1.36. The third-order valence-corrected chi connectivity index (χ3v) is 4.81. The Balaban J connectivity index is 1.41. The molecule has 2 aliphatic rings. The van der Waals surface area contributed by atoms with Gasteiger partial charge in [-0.15, -0.1) is 0 Å². The summed E-state index contributed by atoms with van der Waals surface area (Å²) in [6, 6.07) is 0. The molecule has 5 nitrogen and oxygen atoms in total. The third-order valence-electron chi connectivity index (χ3n) is 4.81. The monoisotopic (exact) mass is 304 g/mol. The van der Waals surface area contributed by atoms with E-state index >= 15 is 0 Å². The number of carbonyl (C=O) groups excluding carboxylic acids is 1. The second kappa shape index (κ2) is 7.77. The van der Waals surface area contributed by atoms with E-state index in [9.17, 15) is 4.79 Å². The molecule has 0 bridgehead atoms. The number of anilines is 1. The number of aromatic nitrogens is 2. The van der Waals surface area contributed by atoms with Gasteiger partial charge in [-0.25, -0.2) is 4.98 Å². The first-order valence-electron chi connectivity index (χ1n) is 8.89. The van der Waals surface area contributed by atoms with E-state index in [0.717, 1.165) is 37.6 Å². The lowest BCUT2D eigenvalue weighted by Crippen LogP contribution is -2.26. The topological polar surface area (TPSA) is 50.2 Å². The van der Waals surface area contributed by atoms with Crippen LogP contribution in [0, 0.1) is 0 Å². The summed E-state index contributed by atoms with van der Waals surface area (Å²) in [5.41, 5.74) is 0. The van der Waals surface area contributed by atoms with E-state index < -0.39 is 0 Å². The molecule has 1 fully saturated rings. The molecule has 5 heteroatoms. The number of hydrogen-bond donors (Lipinski definition) is 1. The number of likely N-dealkylation sites (tertiary alicyclic amines) is 1. The normalized spacial score (nSPS) is 19.5. The van der Waals surface area contributed by atoms with Gasteiger partial charge in [-0.2, -0.15) is 0 Å². The average molecular weight is 304 g/mol. The van der Waals surface area contributed by atoms with Crippen LogP contribution in [0.5, 0.6) is 0 Å².